The van der Waals surface area contributed by atoms with E-state index in [1.165, 1.54) is 12.4 Å². The molecule has 1 saturated heterocycles. The van der Waals surface area contributed by atoms with Crippen LogP contribution in [0, 0.1) is 0 Å². The van der Waals surface area contributed by atoms with Crippen molar-refractivity contribution >= 4 is 100 Å². The number of hydrogen-bond acceptors (Lipinski definition) is 17. The molecule has 8 rings (SSSR count). The monoisotopic (exact) mass is 981 g/mol. The molecule has 4 aromatic heterocycles. The summed E-state index contributed by atoms with van der Waals surface area (Å²) in [4.78, 5) is 35.0. The average molecular weight is 983 g/mol. The Labute approximate surface area is 399 Å². The first-order valence-electron chi connectivity index (χ1n) is 20.9. The fraction of sp³-hybridized carbons (Fsp3) is 0.239. The molecule has 3 aromatic carbocycles. The Balaban J connectivity index is 0.000000199. The molecule has 348 valence electrons. The van der Waals surface area contributed by atoms with Crippen LogP contribution in [0.1, 0.15) is 0 Å². The first-order valence-corrected chi connectivity index (χ1v) is 26.9. The van der Waals surface area contributed by atoms with E-state index in [0.29, 0.717) is 61.8 Å². The number of piperazine rings is 1. The molecule has 1 fully saturated rings. The lowest BCUT2D eigenvalue weighted by Gasteiger charge is -2.34. The molecule has 0 aliphatic carbocycles. The van der Waals surface area contributed by atoms with Gasteiger partial charge in [-0.15, -0.1) is 0 Å². The van der Waals surface area contributed by atoms with Crippen molar-refractivity contribution in [1.29, 1.82) is 0 Å². The van der Waals surface area contributed by atoms with Gasteiger partial charge in [-0.05, 0) is 76.2 Å². The summed E-state index contributed by atoms with van der Waals surface area (Å²) in [5, 5.41) is 14.9. The van der Waals surface area contributed by atoms with Gasteiger partial charge < -0.3 is 49.7 Å². The molecule has 1 aliphatic heterocycles. The van der Waals surface area contributed by atoms with Gasteiger partial charge >= 0.3 is 0 Å². The van der Waals surface area contributed by atoms with Crippen molar-refractivity contribution in [1.82, 2.24) is 39.8 Å². The van der Waals surface area contributed by atoms with Crippen molar-refractivity contribution in [2.75, 3.05) is 100 Å². The van der Waals surface area contributed by atoms with E-state index in [1.54, 1.807) is 96.1 Å². The van der Waals surface area contributed by atoms with E-state index in [-0.39, 0.29) is 0 Å². The Hall–Kier alpha value is -6.35. The molecule has 7 aromatic rings. The number of likely N-dealkylation sites (N-methyl/N-ethyl adjacent to an activating group) is 1. The van der Waals surface area contributed by atoms with Crippen LogP contribution < -0.4 is 46.2 Å². The normalized spacial score (nSPS) is 12.9. The van der Waals surface area contributed by atoms with E-state index in [2.05, 4.69) is 79.1 Å². The number of nitrogens with one attached hydrogen (secondary N) is 4. The number of hydrogen-bond donors (Lipinski definition) is 4. The van der Waals surface area contributed by atoms with Crippen molar-refractivity contribution in [3.05, 3.63) is 120 Å². The maximum atomic E-state index is 12.7. The molecule has 0 atom stereocenters. The van der Waals surface area contributed by atoms with Gasteiger partial charge in [0, 0.05) is 78.4 Å². The average Bonchev–Trinajstić information content (AvgIpc) is 3.32. The van der Waals surface area contributed by atoms with Crippen molar-refractivity contribution in [2.24, 2.45) is 0 Å². The number of methoxy groups -OCH3 is 2. The van der Waals surface area contributed by atoms with Gasteiger partial charge in [-0.2, -0.15) is 9.97 Å². The Morgan fingerprint density at radius 2 is 1.19 bits per heavy atom. The SMILES string of the molecule is COc1cc(N2CCN(C)CC2)ccc1Nc1ncc(Cl)c(Nc2cnccc2P(C)(C)=O)n1.COc1cc(P(C)(C)=O)ccc1Nc1ncc(Cl)c(Nc2ccccc2-c2cnccn2)n1. The Morgan fingerprint density at radius 1 is 0.597 bits per heavy atom. The zero-order chi connectivity index (χ0) is 47.7. The van der Waals surface area contributed by atoms with Crippen LogP contribution in [-0.4, -0.2) is 114 Å². The molecule has 0 amide bonds. The number of para-hydroxylation sites is 1. The van der Waals surface area contributed by atoms with Gasteiger partial charge in [-0.25, -0.2) is 9.97 Å². The summed E-state index contributed by atoms with van der Waals surface area (Å²) in [6, 6.07) is 20.8. The lowest BCUT2D eigenvalue weighted by molar-refractivity contribution is 0.312. The number of halogens is 2. The number of ether oxygens (including phenoxy) is 2. The number of pyridine rings is 1. The number of aromatic nitrogens is 7. The quantitative estimate of drug-likeness (QED) is 0.0751. The molecule has 5 heterocycles. The second-order valence-corrected chi connectivity index (χ2v) is 23.3. The Bertz CT molecular complexity index is 2940. The minimum Gasteiger partial charge on any atom is -0.495 e. The molecule has 1 aliphatic rings. The fourth-order valence-electron chi connectivity index (χ4n) is 6.90. The molecule has 17 nitrogen and oxygen atoms in total. The Morgan fingerprint density at radius 3 is 1.79 bits per heavy atom. The largest absolute Gasteiger partial charge is 0.495 e. The van der Waals surface area contributed by atoms with Gasteiger partial charge in [0.2, 0.25) is 11.9 Å². The van der Waals surface area contributed by atoms with Gasteiger partial charge in [-0.1, -0.05) is 41.4 Å². The van der Waals surface area contributed by atoms with E-state index in [1.807, 2.05) is 36.4 Å². The van der Waals surface area contributed by atoms with Crippen LogP contribution in [0.3, 0.4) is 0 Å². The summed E-state index contributed by atoms with van der Waals surface area (Å²) in [5.74, 6) is 2.71. The van der Waals surface area contributed by atoms with Crippen LogP contribution >= 0.6 is 37.5 Å². The third-order valence-electron chi connectivity index (χ3n) is 10.5. The molecule has 0 radical (unpaired) electrons. The molecular formula is C46H51Cl2N13O4P2. The van der Waals surface area contributed by atoms with Gasteiger partial charge in [0.05, 0.1) is 61.8 Å². The summed E-state index contributed by atoms with van der Waals surface area (Å²) >= 11 is 12.7. The molecule has 0 bridgehead atoms. The third-order valence-corrected chi connectivity index (χ3v) is 14.1. The summed E-state index contributed by atoms with van der Waals surface area (Å²) in [7, 11) is 0.380. The molecule has 67 heavy (non-hydrogen) atoms. The van der Waals surface area contributed by atoms with Crippen LogP contribution in [0.5, 0.6) is 11.5 Å². The zero-order valence-corrected chi connectivity index (χ0v) is 41.3. The topological polar surface area (TPSA) is 197 Å². The highest BCUT2D eigenvalue weighted by molar-refractivity contribution is 7.70. The van der Waals surface area contributed by atoms with E-state index in [0.717, 1.165) is 59.8 Å². The highest BCUT2D eigenvalue weighted by Crippen LogP contribution is 2.40. The van der Waals surface area contributed by atoms with Crippen LogP contribution in [0.2, 0.25) is 10.0 Å². The first-order chi connectivity index (χ1) is 32.1. The number of benzene rings is 3. The van der Waals surface area contributed by atoms with E-state index in [9.17, 15) is 9.13 Å². The first kappa shape index (κ1) is 48.6. The smallest absolute Gasteiger partial charge is 0.229 e. The van der Waals surface area contributed by atoms with Crippen LogP contribution in [0.25, 0.3) is 11.3 Å². The van der Waals surface area contributed by atoms with E-state index < -0.39 is 14.3 Å². The molecule has 0 spiro atoms. The Kier molecular flexibility index (Phi) is 15.6. The predicted octanol–water partition coefficient (Wildman–Crippen LogP) is 9.35. The predicted molar refractivity (Wildman–Crippen MR) is 273 cm³/mol. The van der Waals surface area contributed by atoms with Crippen LogP contribution in [-0.2, 0) is 9.13 Å². The van der Waals surface area contributed by atoms with Crippen molar-refractivity contribution in [3.8, 4) is 22.8 Å². The number of rotatable bonds is 14. The van der Waals surface area contributed by atoms with Gasteiger partial charge in [0.15, 0.2) is 11.6 Å². The van der Waals surface area contributed by atoms with Crippen LogP contribution in [0.15, 0.2) is 110 Å². The highest BCUT2D eigenvalue weighted by atomic mass is 35.5. The minimum absolute atomic E-state index is 0.320. The second-order valence-electron chi connectivity index (χ2n) is 16.1. The molecule has 21 heteroatoms. The van der Waals surface area contributed by atoms with E-state index >= 15 is 0 Å². The van der Waals surface area contributed by atoms with Crippen molar-refractivity contribution in [3.63, 3.8) is 0 Å². The summed E-state index contributed by atoms with van der Waals surface area (Å²) in [5.41, 5.74) is 5.44. The molecular weight excluding hydrogens is 931 g/mol. The maximum absolute atomic E-state index is 12.7. The van der Waals surface area contributed by atoms with Gasteiger partial charge in [0.25, 0.3) is 0 Å². The standard InChI is InChI=1S/C23H29ClN7O2P.C23H22ClN6O2P/c1-30-9-11-31(12-10-30)16-5-6-18(20(13-16)33-2)28-23-26-14-17(24)22(29-23)27-19-15-25-8-7-21(19)34(3,4)32;1-32-21-12-15(33(2,3)31)8-9-19(21)29-23-27-13-17(24)22(30-23)28-18-7-5-4-6-16(18)20-14-25-10-11-26-20/h5-8,13-15H,9-12H2,1-4H3,(H2,26,27,28,29);4-14H,1-3H3,(H2,27,28,29,30). The molecule has 0 unspecified atom stereocenters. The minimum atomic E-state index is -2.53. The summed E-state index contributed by atoms with van der Waals surface area (Å²) in [6.45, 7) is 10.9. The number of nitrogens with zero attached hydrogens (tertiary/aromatic N) is 9. The fourth-order valence-corrected chi connectivity index (χ4v) is 9.15. The summed E-state index contributed by atoms with van der Waals surface area (Å²) in [6.07, 6.45) is 11.2. The lowest BCUT2D eigenvalue weighted by Crippen LogP contribution is -2.44. The molecule has 0 saturated carbocycles. The lowest BCUT2D eigenvalue weighted by atomic mass is 10.1. The highest BCUT2D eigenvalue weighted by Gasteiger charge is 2.20. The third kappa shape index (κ3) is 12.6. The molecule has 4 N–H and O–H groups in total. The zero-order valence-electron chi connectivity index (χ0n) is 38.0. The van der Waals surface area contributed by atoms with Gasteiger partial charge in [-0.3, -0.25) is 15.0 Å². The van der Waals surface area contributed by atoms with Crippen molar-refractivity contribution < 1.29 is 18.6 Å². The number of anilines is 9. The van der Waals surface area contributed by atoms with Gasteiger partial charge in [0.1, 0.15) is 35.8 Å². The maximum Gasteiger partial charge on any atom is 0.229 e. The van der Waals surface area contributed by atoms with Crippen molar-refractivity contribution in [2.45, 2.75) is 0 Å². The summed E-state index contributed by atoms with van der Waals surface area (Å²) < 4.78 is 36.2. The van der Waals surface area contributed by atoms with Crippen LogP contribution in [0.4, 0.5) is 52.0 Å². The second kappa shape index (κ2) is 21.5. The van der Waals surface area contributed by atoms with E-state index in [4.69, 9.17) is 32.7 Å².